The molecule has 0 aliphatic rings. The van der Waals surface area contributed by atoms with Crippen LogP contribution in [0.2, 0.25) is 0 Å². The van der Waals surface area contributed by atoms with E-state index in [-0.39, 0.29) is 10.9 Å². The molecule has 1 aromatic heterocycles. The minimum Gasteiger partial charge on any atom is -0.384 e. The lowest BCUT2D eigenvalue weighted by atomic mass is 10.0. The van der Waals surface area contributed by atoms with Gasteiger partial charge in [-0.3, -0.25) is 4.98 Å². The van der Waals surface area contributed by atoms with Crippen LogP contribution in [0.5, 0.6) is 0 Å². The van der Waals surface area contributed by atoms with Crippen molar-refractivity contribution in [2.45, 2.75) is 33.6 Å². The van der Waals surface area contributed by atoms with Crippen molar-refractivity contribution in [2.75, 3.05) is 11.9 Å². The molecule has 1 N–H and O–H groups in total. The molecule has 20 heavy (non-hydrogen) atoms. The number of nitrogens with one attached hydrogen (secondary N) is 1. The van der Waals surface area contributed by atoms with Gasteiger partial charge >= 0.3 is 0 Å². The molecule has 0 fully saturated rings. The number of nitrogens with zero attached hydrogens (tertiary/aromatic N) is 1. The third-order valence-corrected chi connectivity index (χ3v) is 3.32. The first kappa shape index (κ1) is 14.6. The quantitative estimate of drug-likeness (QED) is 0.843. The number of aryl methyl sites for hydroxylation is 1. The van der Waals surface area contributed by atoms with Crippen molar-refractivity contribution in [2.24, 2.45) is 0 Å². The van der Waals surface area contributed by atoms with Gasteiger partial charge in [0.05, 0.1) is 16.6 Å². The van der Waals surface area contributed by atoms with Gasteiger partial charge in [-0.1, -0.05) is 13.8 Å². The van der Waals surface area contributed by atoms with Crippen molar-refractivity contribution >= 4 is 16.6 Å². The SMILES string of the molecule is CCCNc1c(CC)c(C)nc2cc(F)c(F)c(F)c12. The third kappa shape index (κ3) is 2.32. The van der Waals surface area contributed by atoms with Crippen LogP contribution in [0, 0.1) is 24.4 Å². The van der Waals surface area contributed by atoms with Gasteiger partial charge in [0.15, 0.2) is 17.5 Å². The standard InChI is InChI=1S/C15H17F3N2/c1-4-6-19-15-9(5-2)8(3)20-11-7-10(16)13(17)14(18)12(11)15/h7H,4-6H2,1-3H3,(H,19,20). The van der Waals surface area contributed by atoms with Gasteiger partial charge in [0.1, 0.15) is 0 Å². The van der Waals surface area contributed by atoms with Gasteiger partial charge in [0, 0.05) is 18.3 Å². The molecule has 0 aliphatic carbocycles. The van der Waals surface area contributed by atoms with Crippen molar-refractivity contribution < 1.29 is 13.2 Å². The van der Waals surface area contributed by atoms with E-state index in [9.17, 15) is 13.2 Å². The average molecular weight is 282 g/mol. The highest BCUT2D eigenvalue weighted by Crippen LogP contribution is 2.33. The lowest BCUT2D eigenvalue weighted by Crippen LogP contribution is -2.08. The monoisotopic (exact) mass is 282 g/mol. The first-order chi connectivity index (χ1) is 9.51. The number of benzene rings is 1. The van der Waals surface area contributed by atoms with Crippen LogP contribution in [0.3, 0.4) is 0 Å². The van der Waals surface area contributed by atoms with Gasteiger partial charge in [-0.2, -0.15) is 0 Å². The lowest BCUT2D eigenvalue weighted by Gasteiger charge is -2.16. The minimum atomic E-state index is -1.45. The van der Waals surface area contributed by atoms with E-state index < -0.39 is 17.5 Å². The summed E-state index contributed by atoms with van der Waals surface area (Å²) >= 11 is 0. The Bertz CT molecular complexity index is 654. The Kier molecular flexibility index (Phi) is 4.16. The predicted molar refractivity (Wildman–Crippen MR) is 74.5 cm³/mol. The first-order valence-corrected chi connectivity index (χ1v) is 6.71. The van der Waals surface area contributed by atoms with Crippen molar-refractivity contribution in [3.05, 3.63) is 34.8 Å². The summed E-state index contributed by atoms with van der Waals surface area (Å²) in [6.45, 7) is 6.31. The van der Waals surface area contributed by atoms with E-state index in [4.69, 9.17) is 0 Å². The molecule has 0 radical (unpaired) electrons. The minimum absolute atomic E-state index is 0.0276. The van der Waals surface area contributed by atoms with Crippen LogP contribution < -0.4 is 5.32 Å². The van der Waals surface area contributed by atoms with Gasteiger partial charge in [-0.05, 0) is 25.3 Å². The Hall–Kier alpha value is -1.78. The van der Waals surface area contributed by atoms with Gasteiger partial charge in [-0.25, -0.2) is 13.2 Å². The molecule has 5 heteroatoms. The zero-order valence-electron chi connectivity index (χ0n) is 11.8. The van der Waals surface area contributed by atoms with Gasteiger partial charge in [-0.15, -0.1) is 0 Å². The van der Waals surface area contributed by atoms with Crippen molar-refractivity contribution in [3.63, 3.8) is 0 Å². The van der Waals surface area contributed by atoms with Crippen LogP contribution >= 0.6 is 0 Å². The molecule has 0 spiro atoms. The van der Waals surface area contributed by atoms with E-state index in [0.717, 1.165) is 18.1 Å². The molecule has 1 heterocycles. The number of fused-ring (bicyclic) bond motifs is 1. The third-order valence-electron chi connectivity index (χ3n) is 3.32. The number of hydrogen-bond acceptors (Lipinski definition) is 2. The zero-order chi connectivity index (χ0) is 14.9. The smallest absolute Gasteiger partial charge is 0.195 e. The van der Waals surface area contributed by atoms with E-state index in [2.05, 4.69) is 10.3 Å². The molecule has 0 saturated carbocycles. The number of aromatic nitrogens is 1. The summed E-state index contributed by atoms with van der Waals surface area (Å²) in [4.78, 5) is 4.19. The van der Waals surface area contributed by atoms with Gasteiger partial charge in [0.2, 0.25) is 0 Å². The number of rotatable bonds is 4. The highest BCUT2D eigenvalue weighted by molar-refractivity contribution is 5.94. The normalized spacial score (nSPS) is 11.1. The number of halogens is 3. The molecular weight excluding hydrogens is 265 g/mol. The molecule has 108 valence electrons. The highest BCUT2D eigenvalue weighted by Gasteiger charge is 2.20. The summed E-state index contributed by atoms with van der Waals surface area (Å²) in [6, 6.07) is 0.942. The molecule has 2 nitrogen and oxygen atoms in total. The van der Waals surface area contributed by atoms with E-state index >= 15 is 0 Å². The molecule has 0 atom stereocenters. The Balaban J connectivity index is 2.84. The molecule has 0 saturated heterocycles. The fourth-order valence-corrected chi connectivity index (χ4v) is 2.37. The second kappa shape index (κ2) is 5.69. The summed E-state index contributed by atoms with van der Waals surface area (Å²) in [5.74, 6) is -3.85. The zero-order valence-corrected chi connectivity index (χ0v) is 11.8. The molecule has 1 aromatic carbocycles. The predicted octanol–water partition coefficient (Wildman–Crippen LogP) is 4.34. The number of anilines is 1. The molecule has 0 amide bonds. The van der Waals surface area contributed by atoms with Gasteiger partial charge in [0.25, 0.3) is 0 Å². The molecule has 0 unspecified atom stereocenters. The summed E-state index contributed by atoms with van der Waals surface area (Å²) in [5, 5.41) is 3.14. The molecule has 2 rings (SSSR count). The Labute approximate surface area is 116 Å². The fourth-order valence-electron chi connectivity index (χ4n) is 2.37. The molecule has 2 aromatic rings. The van der Waals surface area contributed by atoms with Crippen LogP contribution in [-0.2, 0) is 6.42 Å². The van der Waals surface area contributed by atoms with Crippen LogP contribution in [0.4, 0.5) is 18.9 Å². The summed E-state index contributed by atoms with van der Waals surface area (Å²) < 4.78 is 40.9. The second-order valence-electron chi connectivity index (χ2n) is 4.71. The number of pyridine rings is 1. The lowest BCUT2D eigenvalue weighted by molar-refractivity contribution is 0.453. The topological polar surface area (TPSA) is 24.9 Å². The van der Waals surface area contributed by atoms with Crippen molar-refractivity contribution in [3.8, 4) is 0 Å². The van der Waals surface area contributed by atoms with E-state index in [1.54, 1.807) is 6.92 Å². The van der Waals surface area contributed by atoms with Crippen molar-refractivity contribution in [1.82, 2.24) is 4.98 Å². The first-order valence-electron chi connectivity index (χ1n) is 6.71. The van der Waals surface area contributed by atoms with Crippen LogP contribution in [0.1, 0.15) is 31.5 Å². The van der Waals surface area contributed by atoms with E-state index in [1.165, 1.54) is 0 Å². The Morgan fingerprint density at radius 1 is 1.15 bits per heavy atom. The van der Waals surface area contributed by atoms with E-state index in [1.807, 2.05) is 13.8 Å². The summed E-state index contributed by atoms with van der Waals surface area (Å²) in [6.07, 6.45) is 1.48. The highest BCUT2D eigenvalue weighted by atomic mass is 19.2. The maximum Gasteiger partial charge on any atom is 0.195 e. The maximum atomic E-state index is 14.1. The van der Waals surface area contributed by atoms with Crippen LogP contribution in [-0.4, -0.2) is 11.5 Å². The van der Waals surface area contributed by atoms with Crippen molar-refractivity contribution in [1.29, 1.82) is 0 Å². The summed E-state index contributed by atoms with van der Waals surface area (Å²) in [7, 11) is 0. The number of hydrogen-bond donors (Lipinski definition) is 1. The molecule has 0 aliphatic heterocycles. The molecule has 0 bridgehead atoms. The largest absolute Gasteiger partial charge is 0.384 e. The Morgan fingerprint density at radius 2 is 1.85 bits per heavy atom. The molecular formula is C15H17F3N2. The van der Waals surface area contributed by atoms with E-state index in [0.29, 0.717) is 24.3 Å². The maximum absolute atomic E-state index is 14.1. The fraction of sp³-hybridized carbons (Fsp3) is 0.400. The summed E-state index contributed by atoms with van der Waals surface area (Å²) in [5.41, 5.74) is 2.18. The Morgan fingerprint density at radius 3 is 2.45 bits per heavy atom. The van der Waals surface area contributed by atoms with Crippen LogP contribution in [0.15, 0.2) is 6.07 Å². The average Bonchev–Trinajstić information content (AvgIpc) is 2.41. The second-order valence-corrected chi connectivity index (χ2v) is 4.71. The van der Waals surface area contributed by atoms with Gasteiger partial charge < -0.3 is 5.32 Å². The van der Waals surface area contributed by atoms with Crippen LogP contribution in [0.25, 0.3) is 10.9 Å².